The lowest BCUT2D eigenvalue weighted by Gasteiger charge is -2.14. The molecule has 0 unspecified atom stereocenters. The highest BCUT2D eigenvalue weighted by atomic mass is 79.9. The maximum atomic E-state index is 12.2. The van der Waals surface area contributed by atoms with Crippen LogP contribution in [0, 0.1) is 6.92 Å². The van der Waals surface area contributed by atoms with Crippen LogP contribution in [0.2, 0.25) is 0 Å². The molecule has 0 saturated carbocycles. The van der Waals surface area contributed by atoms with Crippen LogP contribution < -0.4 is 10.1 Å². The first kappa shape index (κ1) is 15.6. The zero-order valence-corrected chi connectivity index (χ0v) is 14.3. The molecule has 5 nitrogen and oxygen atoms in total. The highest BCUT2D eigenvalue weighted by Crippen LogP contribution is 2.21. The van der Waals surface area contributed by atoms with Gasteiger partial charge >= 0.3 is 0 Å². The summed E-state index contributed by atoms with van der Waals surface area (Å²) in [6, 6.07) is 12.7. The molecule has 0 bridgehead atoms. The van der Waals surface area contributed by atoms with Crippen molar-refractivity contribution in [2.24, 2.45) is 0 Å². The lowest BCUT2D eigenvalue weighted by atomic mass is 10.2. The molecule has 0 radical (unpaired) electrons. The Hall–Kier alpha value is -2.34. The van der Waals surface area contributed by atoms with E-state index in [-0.39, 0.29) is 5.91 Å². The molecule has 0 saturated heterocycles. The van der Waals surface area contributed by atoms with Gasteiger partial charge in [-0.2, -0.15) is 0 Å². The van der Waals surface area contributed by atoms with Crippen LogP contribution in [0.25, 0.3) is 11.1 Å². The fraction of sp³-hybridized carbons (Fsp3) is 0.176. The van der Waals surface area contributed by atoms with E-state index < -0.39 is 6.10 Å². The molecule has 0 aliphatic heterocycles. The molecule has 2 aromatic carbocycles. The predicted molar refractivity (Wildman–Crippen MR) is 91.6 cm³/mol. The van der Waals surface area contributed by atoms with Crippen LogP contribution >= 0.6 is 15.9 Å². The molecule has 0 spiro atoms. The first-order chi connectivity index (χ1) is 11.0. The minimum atomic E-state index is -0.620. The number of amides is 1. The predicted octanol–water partition coefficient (Wildman–Crippen LogP) is 4.30. The van der Waals surface area contributed by atoms with Crippen molar-refractivity contribution in [1.82, 2.24) is 4.98 Å². The van der Waals surface area contributed by atoms with Crippen molar-refractivity contribution in [3.63, 3.8) is 0 Å². The summed E-state index contributed by atoms with van der Waals surface area (Å²) in [6.45, 7) is 3.49. The zero-order valence-electron chi connectivity index (χ0n) is 12.7. The number of rotatable bonds is 4. The van der Waals surface area contributed by atoms with E-state index >= 15 is 0 Å². The summed E-state index contributed by atoms with van der Waals surface area (Å²) in [4.78, 5) is 16.5. The Bertz CT molecular complexity index is 843. The van der Waals surface area contributed by atoms with E-state index in [4.69, 9.17) is 9.15 Å². The van der Waals surface area contributed by atoms with E-state index in [9.17, 15) is 4.79 Å². The third kappa shape index (κ3) is 3.71. The third-order valence-electron chi connectivity index (χ3n) is 3.26. The minimum absolute atomic E-state index is 0.229. The van der Waals surface area contributed by atoms with Gasteiger partial charge in [0.2, 0.25) is 0 Å². The summed E-state index contributed by atoms with van der Waals surface area (Å²) in [7, 11) is 0. The Morgan fingerprint density at radius 2 is 2.00 bits per heavy atom. The van der Waals surface area contributed by atoms with Crippen molar-refractivity contribution in [1.29, 1.82) is 0 Å². The summed E-state index contributed by atoms with van der Waals surface area (Å²) >= 11 is 3.36. The van der Waals surface area contributed by atoms with E-state index in [0.29, 0.717) is 28.4 Å². The highest BCUT2D eigenvalue weighted by molar-refractivity contribution is 9.10. The van der Waals surface area contributed by atoms with Gasteiger partial charge in [-0.05, 0) is 49.4 Å². The molecule has 6 heteroatoms. The Morgan fingerprint density at radius 3 is 2.74 bits per heavy atom. The van der Waals surface area contributed by atoms with Crippen LogP contribution in [0.4, 0.5) is 5.69 Å². The van der Waals surface area contributed by atoms with Gasteiger partial charge in [0, 0.05) is 17.1 Å². The first-order valence-corrected chi connectivity index (χ1v) is 7.91. The second kappa shape index (κ2) is 6.42. The van der Waals surface area contributed by atoms with Gasteiger partial charge in [-0.1, -0.05) is 15.9 Å². The molecule has 0 aliphatic rings. The van der Waals surface area contributed by atoms with Crippen LogP contribution in [0.3, 0.4) is 0 Å². The van der Waals surface area contributed by atoms with Crippen molar-refractivity contribution < 1.29 is 13.9 Å². The number of halogens is 1. The smallest absolute Gasteiger partial charge is 0.265 e. The summed E-state index contributed by atoms with van der Waals surface area (Å²) in [5, 5.41) is 2.82. The number of carbonyl (C=O) groups is 1. The molecular weight excluding hydrogens is 360 g/mol. The number of fused-ring (bicyclic) bond motifs is 1. The van der Waals surface area contributed by atoms with Crippen molar-refractivity contribution in [2.75, 3.05) is 5.32 Å². The Morgan fingerprint density at radius 1 is 1.26 bits per heavy atom. The van der Waals surface area contributed by atoms with Crippen LogP contribution in [0.1, 0.15) is 12.8 Å². The van der Waals surface area contributed by atoms with E-state index in [1.54, 1.807) is 44.2 Å². The number of hydrogen-bond acceptors (Lipinski definition) is 4. The standard InChI is InChI=1S/C17H15BrN2O3/c1-10(22-14-6-3-12(18)4-7-14)17(21)20-13-5-8-16-15(9-13)19-11(2)23-16/h3-10H,1-2H3,(H,20,21)/t10-/m1/s1. The molecule has 3 aromatic rings. The zero-order chi connectivity index (χ0) is 16.4. The van der Waals surface area contributed by atoms with Crippen molar-refractivity contribution in [2.45, 2.75) is 20.0 Å². The molecule has 1 amide bonds. The number of aryl methyl sites for hydroxylation is 1. The Kier molecular flexibility index (Phi) is 4.34. The largest absolute Gasteiger partial charge is 0.481 e. The molecule has 118 valence electrons. The number of aromatic nitrogens is 1. The van der Waals surface area contributed by atoms with Gasteiger partial charge in [0.25, 0.3) is 5.91 Å². The fourth-order valence-corrected chi connectivity index (χ4v) is 2.40. The number of nitrogens with zero attached hydrogens (tertiary/aromatic N) is 1. The van der Waals surface area contributed by atoms with Crippen molar-refractivity contribution >= 4 is 38.6 Å². The number of oxazole rings is 1. The molecule has 1 aromatic heterocycles. The van der Waals surface area contributed by atoms with Crippen molar-refractivity contribution in [3.8, 4) is 5.75 Å². The first-order valence-electron chi connectivity index (χ1n) is 7.11. The second-order valence-corrected chi connectivity index (χ2v) is 6.03. The topological polar surface area (TPSA) is 64.4 Å². The van der Waals surface area contributed by atoms with Gasteiger partial charge < -0.3 is 14.5 Å². The average molecular weight is 375 g/mol. The number of nitrogens with one attached hydrogen (secondary N) is 1. The average Bonchev–Trinajstić information content (AvgIpc) is 2.88. The second-order valence-electron chi connectivity index (χ2n) is 5.12. The normalized spacial score (nSPS) is 12.1. The Balaban J connectivity index is 1.67. The fourth-order valence-electron chi connectivity index (χ4n) is 2.14. The maximum absolute atomic E-state index is 12.2. The monoisotopic (exact) mass is 374 g/mol. The molecule has 0 fully saturated rings. The molecule has 1 heterocycles. The Labute approximate surface area is 141 Å². The van der Waals surface area contributed by atoms with Crippen LogP contribution in [0.5, 0.6) is 5.75 Å². The van der Waals surface area contributed by atoms with E-state index in [2.05, 4.69) is 26.2 Å². The minimum Gasteiger partial charge on any atom is -0.481 e. The molecule has 23 heavy (non-hydrogen) atoms. The quantitative estimate of drug-likeness (QED) is 0.738. The summed E-state index contributed by atoms with van der Waals surface area (Å²) in [5.74, 6) is 1.00. The number of hydrogen-bond donors (Lipinski definition) is 1. The van der Waals surface area contributed by atoms with Gasteiger partial charge in [0.05, 0.1) is 0 Å². The third-order valence-corrected chi connectivity index (χ3v) is 3.79. The van der Waals surface area contributed by atoms with Crippen LogP contribution in [-0.2, 0) is 4.79 Å². The van der Waals surface area contributed by atoms with E-state index in [1.807, 2.05) is 12.1 Å². The summed E-state index contributed by atoms with van der Waals surface area (Å²) in [5.41, 5.74) is 2.06. The molecule has 0 aliphatic carbocycles. The number of carbonyl (C=O) groups excluding carboxylic acids is 1. The highest BCUT2D eigenvalue weighted by Gasteiger charge is 2.15. The van der Waals surface area contributed by atoms with Gasteiger partial charge in [-0.25, -0.2) is 4.98 Å². The molecule has 3 rings (SSSR count). The van der Waals surface area contributed by atoms with Gasteiger partial charge in [-0.3, -0.25) is 4.79 Å². The van der Waals surface area contributed by atoms with Crippen LogP contribution in [-0.4, -0.2) is 17.0 Å². The SMILES string of the molecule is Cc1nc2cc(NC(=O)[C@@H](C)Oc3ccc(Br)cc3)ccc2o1. The molecular formula is C17H15BrN2O3. The lowest BCUT2D eigenvalue weighted by molar-refractivity contribution is -0.122. The summed E-state index contributed by atoms with van der Waals surface area (Å²) in [6.07, 6.45) is -0.620. The lowest BCUT2D eigenvalue weighted by Crippen LogP contribution is -2.30. The van der Waals surface area contributed by atoms with Gasteiger partial charge in [-0.15, -0.1) is 0 Å². The number of anilines is 1. The van der Waals surface area contributed by atoms with E-state index in [0.717, 1.165) is 4.47 Å². The van der Waals surface area contributed by atoms with Crippen molar-refractivity contribution in [3.05, 3.63) is 52.8 Å². The number of ether oxygens (including phenoxy) is 1. The van der Waals surface area contributed by atoms with Crippen LogP contribution in [0.15, 0.2) is 51.4 Å². The van der Waals surface area contributed by atoms with Gasteiger partial charge in [0.1, 0.15) is 11.3 Å². The van der Waals surface area contributed by atoms with Gasteiger partial charge in [0.15, 0.2) is 17.6 Å². The summed E-state index contributed by atoms with van der Waals surface area (Å²) < 4.78 is 12.0. The maximum Gasteiger partial charge on any atom is 0.265 e. The van der Waals surface area contributed by atoms with E-state index in [1.165, 1.54) is 0 Å². The molecule has 1 atom stereocenters. The molecule has 1 N–H and O–H groups in total. The number of benzene rings is 2.